The number of aliphatic carboxylic acids is 1. The van der Waals surface area contributed by atoms with Gasteiger partial charge < -0.3 is 14.7 Å². The Hall–Kier alpha value is -1.52. The number of amides is 1. The third kappa shape index (κ3) is 3.08. The molecule has 1 aliphatic heterocycles. The molecule has 0 aromatic rings. The van der Waals surface area contributed by atoms with Crippen molar-refractivity contribution in [2.24, 2.45) is 17.8 Å². The molecule has 0 aromatic heterocycles. The largest absolute Gasteiger partial charge is 0.481 e. The number of ether oxygens (including phenoxy) is 1. The van der Waals surface area contributed by atoms with Crippen molar-refractivity contribution in [1.29, 1.82) is 0 Å². The zero-order valence-corrected chi connectivity index (χ0v) is 11.6. The third-order valence-electron chi connectivity index (χ3n) is 3.67. The first-order valence-electron chi connectivity index (χ1n) is 6.65. The van der Waals surface area contributed by atoms with Crippen LogP contribution in [0.2, 0.25) is 0 Å². The van der Waals surface area contributed by atoms with Crippen LogP contribution >= 0.6 is 0 Å². The SMILES string of the molecule is CC(C)(C)OC(=O)N1CC2C=CCC(C(=O)O)C2C1. The summed E-state index contributed by atoms with van der Waals surface area (Å²) in [6.45, 7) is 6.51. The van der Waals surface area contributed by atoms with Gasteiger partial charge in [-0.25, -0.2) is 4.79 Å². The summed E-state index contributed by atoms with van der Waals surface area (Å²) in [7, 11) is 0. The zero-order chi connectivity index (χ0) is 14.2. The average Bonchev–Trinajstić information content (AvgIpc) is 2.69. The van der Waals surface area contributed by atoms with E-state index < -0.39 is 11.6 Å². The molecule has 3 atom stereocenters. The van der Waals surface area contributed by atoms with Gasteiger partial charge in [0, 0.05) is 13.1 Å². The first-order chi connectivity index (χ1) is 8.78. The van der Waals surface area contributed by atoms with E-state index in [2.05, 4.69) is 0 Å². The summed E-state index contributed by atoms with van der Waals surface area (Å²) in [5.41, 5.74) is -0.521. The van der Waals surface area contributed by atoms with E-state index in [1.54, 1.807) is 4.90 Å². The minimum atomic E-state index is -0.773. The lowest BCUT2D eigenvalue weighted by atomic mass is 9.78. The first kappa shape index (κ1) is 13.9. The van der Waals surface area contributed by atoms with Gasteiger partial charge in [0.05, 0.1) is 5.92 Å². The van der Waals surface area contributed by atoms with Gasteiger partial charge in [-0.05, 0) is 39.0 Å². The van der Waals surface area contributed by atoms with Gasteiger partial charge in [-0.15, -0.1) is 0 Å². The van der Waals surface area contributed by atoms with E-state index in [9.17, 15) is 14.7 Å². The van der Waals surface area contributed by atoms with Crippen molar-refractivity contribution in [3.8, 4) is 0 Å². The molecule has 1 amide bonds. The lowest BCUT2D eigenvalue weighted by molar-refractivity contribution is -0.144. The number of carboxylic acids is 1. The second kappa shape index (κ2) is 4.87. The molecule has 0 bridgehead atoms. The van der Waals surface area contributed by atoms with Gasteiger partial charge in [0.25, 0.3) is 0 Å². The van der Waals surface area contributed by atoms with E-state index in [1.807, 2.05) is 32.9 Å². The molecule has 1 heterocycles. The summed E-state index contributed by atoms with van der Waals surface area (Å²) < 4.78 is 5.34. The van der Waals surface area contributed by atoms with Crippen LogP contribution < -0.4 is 0 Å². The van der Waals surface area contributed by atoms with Crippen LogP contribution in [-0.4, -0.2) is 40.8 Å². The molecule has 0 radical (unpaired) electrons. The Morgan fingerprint density at radius 2 is 2.00 bits per heavy atom. The number of hydrogen-bond acceptors (Lipinski definition) is 3. The van der Waals surface area contributed by atoms with Gasteiger partial charge in [0.15, 0.2) is 0 Å². The van der Waals surface area contributed by atoms with Crippen molar-refractivity contribution in [2.45, 2.75) is 32.8 Å². The average molecular weight is 267 g/mol. The van der Waals surface area contributed by atoms with E-state index in [1.165, 1.54) is 0 Å². The summed E-state index contributed by atoms with van der Waals surface area (Å²) in [4.78, 5) is 24.9. The van der Waals surface area contributed by atoms with E-state index in [0.29, 0.717) is 19.5 Å². The van der Waals surface area contributed by atoms with E-state index in [0.717, 1.165) is 0 Å². The second-order valence-corrected chi connectivity index (χ2v) is 6.32. The van der Waals surface area contributed by atoms with Gasteiger partial charge in [-0.2, -0.15) is 0 Å². The van der Waals surface area contributed by atoms with Crippen molar-refractivity contribution >= 4 is 12.1 Å². The van der Waals surface area contributed by atoms with Crippen molar-refractivity contribution in [3.63, 3.8) is 0 Å². The van der Waals surface area contributed by atoms with E-state index in [4.69, 9.17) is 4.74 Å². The predicted molar refractivity (Wildman–Crippen MR) is 69.7 cm³/mol. The first-order valence-corrected chi connectivity index (χ1v) is 6.65. The number of allylic oxidation sites excluding steroid dienone is 1. The lowest BCUT2D eigenvalue weighted by Gasteiger charge is -2.26. The van der Waals surface area contributed by atoms with Crippen molar-refractivity contribution in [2.75, 3.05) is 13.1 Å². The van der Waals surface area contributed by atoms with E-state index in [-0.39, 0.29) is 23.8 Å². The number of hydrogen-bond donors (Lipinski definition) is 1. The molecular weight excluding hydrogens is 246 g/mol. The van der Waals surface area contributed by atoms with Gasteiger partial charge in [0.1, 0.15) is 5.60 Å². The Morgan fingerprint density at radius 3 is 2.58 bits per heavy atom. The molecule has 0 aromatic carbocycles. The van der Waals surface area contributed by atoms with Crippen molar-refractivity contribution < 1.29 is 19.4 Å². The lowest BCUT2D eigenvalue weighted by Crippen LogP contribution is -2.36. The number of rotatable bonds is 1. The molecular formula is C14H21NO4. The highest BCUT2D eigenvalue weighted by molar-refractivity contribution is 5.72. The quantitative estimate of drug-likeness (QED) is 0.739. The van der Waals surface area contributed by atoms with Gasteiger partial charge in [0.2, 0.25) is 0 Å². The number of carbonyl (C=O) groups is 2. The van der Waals surface area contributed by atoms with Crippen molar-refractivity contribution in [3.05, 3.63) is 12.2 Å². The van der Waals surface area contributed by atoms with Crippen LogP contribution in [0.15, 0.2) is 12.2 Å². The smallest absolute Gasteiger partial charge is 0.410 e. The van der Waals surface area contributed by atoms with Crippen LogP contribution in [0.5, 0.6) is 0 Å². The molecule has 1 fully saturated rings. The fourth-order valence-electron chi connectivity index (χ4n) is 2.82. The molecule has 106 valence electrons. The maximum absolute atomic E-state index is 12.0. The molecule has 3 unspecified atom stereocenters. The molecule has 2 rings (SSSR count). The van der Waals surface area contributed by atoms with Crippen LogP contribution in [0.4, 0.5) is 4.79 Å². The number of fused-ring (bicyclic) bond motifs is 1. The standard InChI is InChI=1S/C14H21NO4/c1-14(2,3)19-13(18)15-7-9-5-4-6-10(12(16)17)11(9)8-15/h4-5,9-11H,6-8H2,1-3H3,(H,16,17). The molecule has 0 spiro atoms. The molecule has 2 aliphatic rings. The molecule has 5 heteroatoms. The normalized spacial score (nSPS) is 30.1. The molecule has 5 nitrogen and oxygen atoms in total. The molecule has 0 saturated carbocycles. The van der Waals surface area contributed by atoms with Crippen LogP contribution in [0.3, 0.4) is 0 Å². The highest BCUT2D eigenvalue weighted by atomic mass is 16.6. The fraction of sp³-hybridized carbons (Fsp3) is 0.714. The Labute approximate surface area is 113 Å². The van der Waals surface area contributed by atoms with Crippen LogP contribution in [0, 0.1) is 17.8 Å². The predicted octanol–water partition coefficient (Wildman–Crippen LogP) is 2.13. The second-order valence-electron chi connectivity index (χ2n) is 6.32. The number of nitrogens with zero attached hydrogens (tertiary/aromatic N) is 1. The Balaban J connectivity index is 2.04. The van der Waals surface area contributed by atoms with Crippen LogP contribution in [0.25, 0.3) is 0 Å². The Kier molecular flexibility index (Phi) is 3.56. The topological polar surface area (TPSA) is 66.8 Å². The van der Waals surface area contributed by atoms with Gasteiger partial charge >= 0.3 is 12.1 Å². The highest BCUT2D eigenvalue weighted by Gasteiger charge is 2.43. The third-order valence-corrected chi connectivity index (χ3v) is 3.67. The summed E-state index contributed by atoms with van der Waals surface area (Å²) in [6, 6.07) is 0. The minimum Gasteiger partial charge on any atom is -0.481 e. The number of carboxylic acid groups (broad SMARTS) is 1. The van der Waals surface area contributed by atoms with E-state index >= 15 is 0 Å². The maximum Gasteiger partial charge on any atom is 0.410 e. The summed E-state index contributed by atoms with van der Waals surface area (Å²) >= 11 is 0. The van der Waals surface area contributed by atoms with Crippen LogP contribution in [0.1, 0.15) is 27.2 Å². The monoisotopic (exact) mass is 267 g/mol. The van der Waals surface area contributed by atoms with Crippen molar-refractivity contribution in [1.82, 2.24) is 4.90 Å². The number of carbonyl (C=O) groups excluding carboxylic acids is 1. The maximum atomic E-state index is 12.0. The minimum absolute atomic E-state index is 0.00928. The number of likely N-dealkylation sites (tertiary alicyclic amines) is 1. The molecule has 19 heavy (non-hydrogen) atoms. The molecule has 1 N–H and O–H groups in total. The summed E-state index contributed by atoms with van der Waals surface area (Å²) in [5.74, 6) is -1.01. The molecule has 1 saturated heterocycles. The van der Waals surface area contributed by atoms with Gasteiger partial charge in [-0.3, -0.25) is 4.79 Å². The van der Waals surface area contributed by atoms with Gasteiger partial charge in [-0.1, -0.05) is 12.2 Å². The highest BCUT2D eigenvalue weighted by Crippen LogP contribution is 2.37. The Bertz CT molecular complexity index is 410. The Morgan fingerprint density at radius 1 is 1.32 bits per heavy atom. The summed E-state index contributed by atoms with van der Waals surface area (Å²) in [6.07, 6.45) is 4.16. The van der Waals surface area contributed by atoms with Crippen LogP contribution in [-0.2, 0) is 9.53 Å². The fourth-order valence-corrected chi connectivity index (χ4v) is 2.82. The summed E-state index contributed by atoms with van der Waals surface area (Å²) in [5, 5.41) is 9.23. The molecule has 1 aliphatic carbocycles. The zero-order valence-electron chi connectivity index (χ0n) is 11.6.